The third-order valence-corrected chi connectivity index (χ3v) is 2.88. The van der Waals surface area contributed by atoms with E-state index >= 15 is 0 Å². The van der Waals surface area contributed by atoms with Gasteiger partial charge in [-0.25, -0.2) is 0 Å². The van der Waals surface area contributed by atoms with Crippen molar-refractivity contribution in [2.45, 2.75) is 25.5 Å². The lowest BCUT2D eigenvalue weighted by atomic mass is 10.2. The van der Waals surface area contributed by atoms with Crippen LogP contribution in [-0.2, 0) is 17.8 Å². The van der Waals surface area contributed by atoms with E-state index in [1.165, 1.54) is 0 Å². The number of hydrogen-bond acceptors (Lipinski definition) is 5. The Kier molecular flexibility index (Phi) is 2.34. The second-order valence-corrected chi connectivity index (χ2v) is 4.03. The van der Waals surface area contributed by atoms with E-state index in [0.29, 0.717) is 18.7 Å². The fourth-order valence-corrected chi connectivity index (χ4v) is 2.04. The van der Waals surface area contributed by atoms with Crippen LogP contribution in [0.3, 0.4) is 0 Å². The molecular weight excluding hydrogens is 194 g/mol. The average molecular weight is 209 g/mol. The van der Waals surface area contributed by atoms with Crippen LogP contribution in [-0.4, -0.2) is 30.7 Å². The molecule has 1 saturated heterocycles. The van der Waals surface area contributed by atoms with Crippen molar-refractivity contribution in [2.24, 2.45) is 0 Å². The van der Waals surface area contributed by atoms with E-state index in [1.807, 2.05) is 0 Å². The van der Waals surface area contributed by atoms with E-state index < -0.39 is 0 Å². The van der Waals surface area contributed by atoms with Crippen LogP contribution in [0.1, 0.15) is 17.9 Å². The van der Waals surface area contributed by atoms with Gasteiger partial charge in [-0.3, -0.25) is 0 Å². The first kappa shape index (κ1) is 9.18. The van der Waals surface area contributed by atoms with Gasteiger partial charge < -0.3 is 19.8 Å². The fraction of sp³-hybridized carbons (Fsp3) is 0.700. The molecule has 0 radical (unpaired) electrons. The molecule has 2 N–H and O–H groups in total. The third kappa shape index (κ3) is 1.85. The van der Waals surface area contributed by atoms with Gasteiger partial charge in [0.1, 0.15) is 6.61 Å². The van der Waals surface area contributed by atoms with Gasteiger partial charge in [0.25, 0.3) is 6.01 Å². The van der Waals surface area contributed by atoms with Gasteiger partial charge in [-0.2, -0.15) is 4.98 Å². The summed E-state index contributed by atoms with van der Waals surface area (Å²) in [7, 11) is 0. The van der Waals surface area contributed by atoms with Crippen molar-refractivity contribution in [3.8, 4) is 0 Å². The van der Waals surface area contributed by atoms with Crippen molar-refractivity contribution < 1.29 is 9.15 Å². The number of hydrogen-bond donors (Lipinski definition) is 2. The van der Waals surface area contributed by atoms with Crippen LogP contribution < -0.4 is 10.6 Å². The zero-order valence-electron chi connectivity index (χ0n) is 8.58. The fourth-order valence-electron chi connectivity index (χ4n) is 2.04. The van der Waals surface area contributed by atoms with Crippen LogP contribution in [0.5, 0.6) is 0 Å². The Morgan fingerprint density at radius 3 is 3.27 bits per heavy atom. The summed E-state index contributed by atoms with van der Waals surface area (Å²) in [6, 6.07) is 1.10. The molecule has 1 unspecified atom stereocenters. The largest absolute Gasteiger partial charge is 0.426 e. The van der Waals surface area contributed by atoms with E-state index in [4.69, 9.17) is 9.15 Å². The number of nitrogens with zero attached hydrogens (tertiary/aromatic N) is 1. The van der Waals surface area contributed by atoms with E-state index in [0.717, 1.165) is 44.0 Å². The van der Waals surface area contributed by atoms with Crippen LogP contribution >= 0.6 is 0 Å². The monoisotopic (exact) mass is 209 g/mol. The SMILES string of the molecule is C1CC(Nc2nc3c(o2)COCC3)CN1. The molecule has 1 aromatic heterocycles. The van der Waals surface area contributed by atoms with Crippen molar-refractivity contribution in [1.82, 2.24) is 10.3 Å². The third-order valence-electron chi connectivity index (χ3n) is 2.88. The second kappa shape index (κ2) is 3.83. The minimum Gasteiger partial charge on any atom is -0.426 e. The highest BCUT2D eigenvalue weighted by molar-refractivity contribution is 5.28. The van der Waals surface area contributed by atoms with E-state index in [9.17, 15) is 0 Å². The maximum Gasteiger partial charge on any atom is 0.295 e. The summed E-state index contributed by atoms with van der Waals surface area (Å²) >= 11 is 0. The van der Waals surface area contributed by atoms with Crippen LogP contribution in [0, 0.1) is 0 Å². The molecule has 82 valence electrons. The molecular formula is C10H15N3O2. The Morgan fingerprint density at radius 2 is 2.47 bits per heavy atom. The molecule has 1 fully saturated rings. The predicted molar refractivity (Wildman–Crippen MR) is 54.8 cm³/mol. The molecule has 1 aromatic rings. The number of fused-ring (bicyclic) bond motifs is 1. The topological polar surface area (TPSA) is 59.3 Å². The van der Waals surface area contributed by atoms with Gasteiger partial charge >= 0.3 is 0 Å². The quantitative estimate of drug-likeness (QED) is 0.743. The molecule has 5 heteroatoms. The number of oxazole rings is 1. The van der Waals surface area contributed by atoms with E-state index in [1.54, 1.807) is 0 Å². The Labute approximate surface area is 88.2 Å². The zero-order valence-corrected chi connectivity index (χ0v) is 8.58. The first-order valence-electron chi connectivity index (χ1n) is 5.45. The van der Waals surface area contributed by atoms with Gasteiger partial charge in [-0.05, 0) is 13.0 Å². The van der Waals surface area contributed by atoms with Crippen molar-refractivity contribution >= 4 is 6.01 Å². The van der Waals surface area contributed by atoms with E-state index in [2.05, 4.69) is 15.6 Å². The first-order valence-corrected chi connectivity index (χ1v) is 5.45. The van der Waals surface area contributed by atoms with Crippen LogP contribution in [0.25, 0.3) is 0 Å². The molecule has 0 aromatic carbocycles. The molecule has 5 nitrogen and oxygen atoms in total. The van der Waals surface area contributed by atoms with Gasteiger partial charge in [0, 0.05) is 19.0 Å². The molecule has 1 atom stereocenters. The van der Waals surface area contributed by atoms with Crippen LogP contribution in [0.4, 0.5) is 6.01 Å². The summed E-state index contributed by atoms with van der Waals surface area (Å²) in [5, 5.41) is 6.60. The number of nitrogens with one attached hydrogen (secondary N) is 2. The standard InChI is InChI=1S/C10H15N3O2/c1-3-11-5-7(1)12-10-13-8-2-4-14-6-9(8)15-10/h7,11H,1-6H2,(H,12,13). The first-order chi connectivity index (χ1) is 7.42. The predicted octanol–water partition coefficient (Wildman–Crippen LogP) is 0.521. The minimum atomic E-state index is 0.450. The smallest absolute Gasteiger partial charge is 0.295 e. The Morgan fingerprint density at radius 1 is 1.47 bits per heavy atom. The summed E-state index contributed by atoms with van der Waals surface area (Å²) in [6.07, 6.45) is 1.99. The Bertz CT molecular complexity index is 321. The summed E-state index contributed by atoms with van der Waals surface area (Å²) in [5.41, 5.74) is 1.05. The van der Waals surface area contributed by atoms with Crippen LogP contribution in [0.15, 0.2) is 4.42 Å². The number of ether oxygens (including phenoxy) is 1. The molecule has 0 amide bonds. The number of rotatable bonds is 2. The highest BCUT2D eigenvalue weighted by Gasteiger charge is 2.20. The molecule has 3 rings (SSSR count). The number of aromatic nitrogens is 1. The van der Waals surface area contributed by atoms with E-state index in [-0.39, 0.29) is 0 Å². The molecule has 0 saturated carbocycles. The summed E-state index contributed by atoms with van der Waals surface area (Å²) < 4.78 is 10.9. The van der Waals surface area contributed by atoms with Crippen molar-refractivity contribution in [1.29, 1.82) is 0 Å². The average Bonchev–Trinajstić information content (AvgIpc) is 2.86. The summed E-state index contributed by atoms with van der Waals surface area (Å²) in [4.78, 5) is 4.43. The van der Waals surface area contributed by atoms with Crippen molar-refractivity contribution in [3.05, 3.63) is 11.5 Å². The lowest BCUT2D eigenvalue weighted by Crippen LogP contribution is -2.22. The lowest BCUT2D eigenvalue weighted by Gasteiger charge is -2.08. The maximum absolute atomic E-state index is 5.59. The lowest BCUT2D eigenvalue weighted by molar-refractivity contribution is 0.0939. The van der Waals surface area contributed by atoms with Crippen LogP contribution in [0.2, 0.25) is 0 Å². The van der Waals surface area contributed by atoms with Gasteiger partial charge in [0.05, 0.1) is 12.3 Å². The normalized spacial score (nSPS) is 25.2. The molecule has 2 aliphatic rings. The molecule has 15 heavy (non-hydrogen) atoms. The highest BCUT2D eigenvalue weighted by atomic mass is 16.5. The Balaban J connectivity index is 1.72. The molecule has 3 heterocycles. The molecule has 0 spiro atoms. The van der Waals surface area contributed by atoms with Crippen molar-refractivity contribution in [2.75, 3.05) is 25.0 Å². The summed E-state index contributed by atoms with van der Waals surface area (Å²) in [6.45, 7) is 3.38. The zero-order chi connectivity index (χ0) is 10.1. The van der Waals surface area contributed by atoms with Gasteiger partial charge in [-0.1, -0.05) is 0 Å². The highest BCUT2D eigenvalue weighted by Crippen LogP contribution is 2.21. The van der Waals surface area contributed by atoms with Gasteiger partial charge in [-0.15, -0.1) is 0 Å². The Hall–Kier alpha value is -1.07. The number of anilines is 1. The molecule has 0 bridgehead atoms. The summed E-state index contributed by atoms with van der Waals surface area (Å²) in [5.74, 6) is 0.884. The van der Waals surface area contributed by atoms with Gasteiger partial charge in [0.15, 0.2) is 5.76 Å². The van der Waals surface area contributed by atoms with Gasteiger partial charge in [0.2, 0.25) is 0 Å². The molecule has 2 aliphatic heterocycles. The van der Waals surface area contributed by atoms with Crippen molar-refractivity contribution in [3.63, 3.8) is 0 Å². The maximum atomic E-state index is 5.59. The molecule has 0 aliphatic carbocycles. The second-order valence-electron chi connectivity index (χ2n) is 4.03. The minimum absolute atomic E-state index is 0.450.